The van der Waals surface area contributed by atoms with Crippen LogP contribution in [-0.4, -0.2) is 36.6 Å². The number of allylic oxidation sites excluding steroid dienone is 3. The molecule has 2 N–H and O–H groups in total. The highest BCUT2D eigenvalue weighted by molar-refractivity contribution is 7.91. The fourth-order valence-corrected chi connectivity index (χ4v) is 8.46. The zero-order valence-corrected chi connectivity index (χ0v) is 21.4. The molecular weight excluding hydrogens is 444 g/mol. The summed E-state index contributed by atoms with van der Waals surface area (Å²) in [4.78, 5) is 0.424. The van der Waals surface area contributed by atoms with Gasteiger partial charge in [0, 0.05) is 6.42 Å². The normalized spacial score (nSPS) is 35.5. The maximum absolute atomic E-state index is 12.8. The fraction of sp³-hybridized carbons (Fsp3) is 0.586. The van der Waals surface area contributed by atoms with Gasteiger partial charge in [-0.1, -0.05) is 56.4 Å². The number of aliphatic hydroxyl groups is 2. The van der Waals surface area contributed by atoms with Crippen molar-refractivity contribution in [2.24, 2.45) is 23.2 Å². The average molecular weight is 485 g/mol. The first-order chi connectivity index (χ1) is 16.1. The first-order valence-electron chi connectivity index (χ1n) is 12.8. The number of hydrogen-bond acceptors (Lipinski definition) is 4. The lowest BCUT2D eigenvalue weighted by Gasteiger charge is -2.44. The van der Waals surface area contributed by atoms with Gasteiger partial charge < -0.3 is 10.2 Å². The molecule has 4 nitrogen and oxygen atoms in total. The summed E-state index contributed by atoms with van der Waals surface area (Å²) in [6, 6.07) is 8.80. The number of benzene rings is 1. The predicted molar refractivity (Wildman–Crippen MR) is 137 cm³/mol. The van der Waals surface area contributed by atoms with Crippen LogP contribution in [0.25, 0.3) is 0 Å². The van der Waals surface area contributed by atoms with E-state index in [0.29, 0.717) is 41.9 Å². The van der Waals surface area contributed by atoms with Crippen LogP contribution >= 0.6 is 0 Å². The Balaban J connectivity index is 1.46. The number of hydrogen-bond donors (Lipinski definition) is 2. The molecule has 3 saturated carbocycles. The Morgan fingerprint density at radius 2 is 1.91 bits per heavy atom. The van der Waals surface area contributed by atoms with Crippen molar-refractivity contribution in [2.75, 3.05) is 5.75 Å². The molecule has 5 heteroatoms. The maximum Gasteiger partial charge on any atom is 0.178 e. The molecule has 0 amide bonds. The van der Waals surface area contributed by atoms with Crippen LogP contribution in [0.2, 0.25) is 0 Å². The van der Waals surface area contributed by atoms with Crippen LogP contribution in [0.4, 0.5) is 0 Å². The van der Waals surface area contributed by atoms with Crippen molar-refractivity contribution in [1.29, 1.82) is 0 Å². The van der Waals surface area contributed by atoms with Crippen LogP contribution < -0.4 is 0 Å². The van der Waals surface area contributed by atoms with E-state index in [-0.39, 0.29) is 11.2 Å². The third kappa shape index (κ3) is 5.12. The molecule has 3 fully saturated rings. The van der Waals surface area contributed by atoms with Crippen molar-refractivity contribution in [1.82, 2.24) is 0 Å². The number of aliphatic hydroxyl groups excluding tert-OH is 2. The van der Waals surface area contributed by atoms with Crippen molar-refractivity contribution >= 4 is 9.84 Å². The minimum Gasteiger partial charge on any atom is -0.393 e. The van der Waals surface area contributed by atoms with E-state index < -0.39 is 22.0 Å². The lowest BCUT2D eigenvalue weighted by molar-refractivity contribution is 0.0861. The van der Waals surface area contributed by atoms with Crippen molar-refractivity contribution < 1.29 is 18.6 Å². The molecule has 186 valence electrons. The van der Waals surface area contributed by atoms with Gasteiger partial charge in [-0.05, 0) is 91.4 Å². The molecule has 0 heterocycles. The van der Waals surface area contributed by atoms with E-state index in [1.807, 2.05) is 6.07 Å². The van der Waals surface area contributed by atoms with Crippen molar-refractivity contribution in [3.8, 4) is 0 Å². The summed E-state index contributed by atoms with van der Waals surface area (Å²) in [6.07, 6.45) is 10.5. The van der Waals surface area contributed by atoms with Gasteiger partial charge in [0.2, 0.25) is 0 Å². The van der Waals surface area contributed by atoms with Gasteiger partial charge in [0.15, 0.2) is 9.84 Å². The smallest absolute Gasteiger partial charge is 0.178 e. The largest absolute Gasteiger partial charge is 0.393 e. The fourth-order valence-electron chi connectivity index (χ4n) is 6.97. The van der Waals surface area contributed by atoms with Crippen molar-refractivity contribution in [2.45, 2.75) is 82.3 Å². The Labute approximate surface area is 205 Å². The lowest BCUT2D eigenvalue weighted by Crippen LogP contribution is -2.36. The van der Waals surface area contributed by atoms with Gasteiger partial charge in [0.25, 0.3) is 0 Å². The molecule has 0 radical (unpaired) electrons. The summed E-state index contributed by atoms with van der Waals surface area (Å²) in [5.41, 5.74) is 3.36. The average Bonchev–Trinajstić information content (AvgIpc) is 3.17. The summed E-state index contributed by atoms with van der Waals surface area (Å²) in [5.74, 6) is 1.60. The van der Waals surface area contributed by atoms with Gasteiger partial charge in [-0.15, -0.1) is 0 Å². The second-order valence-electron chi connectivity index (χ2n) is 11.1. The van der Waals surface area contributed by atoms with Gasteiger partial charge in [0.05, 0.1) is 22.9 Å². The van der Waals surface area contributed by atoms with Crippen molar-refractivity contribution in [3.05, 3.63) is 65.8 Å². The zero-order chi connectivity index (χ0) is 24.5. The van der Waals surface area contributed by atoms with Crippen LogP contribution in [0.15, 0.2) is 70.7 Å². The molecule has 0 unspecified atom stereocenters. The Kier molecular flexibility index (Phi) is 7.56. The second-order valence-corrected chi connectivity index (χ2v) is 13.2. The molecule has 6 atom stereocenters. The molecular formula is C29H40O4S. The third-order valence-corrected chi connectivity index (χ3v) is 10.7. The molecule has 1 aromatic carbocycles. The van der Waals surface area contributed by atoms with Crippen LogP contribution in [0, 0.1) is 23.2 Å². The minimum atomic E-state index is -3.25. The molecule has 0 bridgehead atoms. The molecule has 0 aliphatic heterocycles. The SMILES string of the molecule is C=C1/C(=C\C=C2/CCC[C@]3(C)[C@@H]([C@H](C)CCS(=O)(=O)c4ccccc4)CC[C@@H]23)C[C@@H](O)C[C@@H]1O. The van der Waals surface area contributed by atoms with E-state index >= 15 is 0 Å². The van der Waals surface area contributed by atoms with Crippen LogP contribution in [0.5, 0.6) is 0 Å². The minimum absolute atomic E-state index is 0.196. The first-order valence-corrected chi connectivity index (χ1v) is 14.5. The summed E-state index contributed by atoms with van der Waals surface area (Å²) < 4.78 is 25.6. The third-order valence-electron chi connectivity index (χ3n) is 8.93. The Morgan fingerprint density at radius 1 is 1.18 bits per heavy atom. The second kappa shape index (κ2) is 10.1. The lowest BCUT2D eigenvalue weighted by atomic mass is 9.61. The van der Waals surface area contributed by atoms with Gasteiger partial charge >= 0.3 is 0 Å². The molecule has 0 aromatic heterocycles. The van der Waals surface area contributed by atoms with E-state index in [0.717, 1.165) is 36.8 Å². The van der Waals surface area contributed by atoms with E-state index in [4.69, 9.17) is 0 Å². The highest BCUT2D eigenvalue weighted by atomic mass is 32.2. The highest BCUT2D eigenvalue weighted by Gasteiger charge is 2.50. The van der Waals surface area contributed by atoms with Gasteiger partial charge in [-0.2, -0.15) is 0 Å². The van der Waals surface area contributed by atoms with Crippen LogP contribution in [0.1, 0.15) is 65.2 Å². The van der Waals surface area contributed by atoms with E-state index in [1.165, 1.54) is 12.0 Å². The molecule has 0 spiro atoms. The van der Waals surface area contributed by atoms with Crippen LogP contribution in [0.3, 0.4) is 0 Å². The standard InChI is InChI=1S/C29H40O4S/c1-20(15-17-34(32,33)25-9-5-4-6-10-25)26-13-14-27-22(8-7-16-29(26,27)3)11-12-23-18-24(30)19-28(31)21(23)2/h4-6,9-12,20,24,26-28,30-31H,2,7-8,13-19H2,1,3H3/b22-11+,23-12-/t20-,24-,26-,27+,28+,29-/m1/s1. The maximum atomic E-state index is 12.8. The quantitative estimate of drug-likeness (QED) is 0.549. The highest BCUT2D eigenvalue weighted by Crippen LogP contribution is 2.59. The number of rotatable bonds is 6. The Morgan fingerprint density at radius 3 is 2.65 bits per heavy atom. The predicted octanol–water partition coefficient (Wildman–Crippen LogP) is 5.63. The van der Waals surface area contributed by atoms with Gasteiger partial charge in [-0.25, -0.2) is 8.42 Å². The Hall–Kier alpha value is -1.69. The number of sulfone groups is 1. The van der Waals surface area contributed by atoms with Gasteiger partial charge in [-0.3, -0.25) is 0 Å². The van der Waals surface area contributed by atoms with Crippen molar-refractivity contribution in [3.63, 3.8) is 0 Å². The van der Waals surface area contributed by atoms with Crippen LogP contribution in [-0.2, 0) is 9.84 Å². The van der Waals surface area contributed by atoms with Gasteiger partial charge in [0.1, 0.15) is 0 Å². The topological polar surface area (TPSA) is 74.6 Å². The van der Waals surface area contributed by atoms with E-state index in [2.05, 4.69) is 32.6 Å². The summed E-state index contributed by atoms with van der Waals surface area (Å²) in [5, 5.41) is 20.2. The molecule has 1 aromatic rings. The van der Waals surface area contributed by atoms with E-state index in [1.54, 1.807) is 24.3 Å². The van der Waals surface area contributed by atoms with E-state index in [9.17, 15) is 18.6 Å². The summed E-state index contributed by atoms with van der Waals surface area (Å²) in [6.45, 7) is 8.71. The summed E-state index contributed by atoms with van der Waals surface area (Å²) in [7, 11) is -3.25. The molecule has 3 aliphatic carbocycles. The monoisotopic (exact) mass is 484 g/mol. The number of fused-ring (bicyclic) bond motifs is 1. The first kappa shape index (κ1) is 25.4. The molecule has 34 heavy (non-hydrogen) atoms. The Bertz CT molecular complexity index is 1050. The summed E-state index contributed by atoms with van der Waals surface area (Å²) >= 11 is 0. The molecule has 0 saturated heterocycles. The molecule has 3 aliphatic rings. The molecule has 4 rings (SSSR count). The zero-order valence-electron chi connectivity index (χ0n) is 20.6.